The zero-order chi connectivity index (χ0) is 23.2. The van der Waals surface area contributed by atoms with Gasteiger partial charge in [-0.15, -0.1) is 0 Å². The van der Waals surface area contributed by atoms with E-state index in [0.717, 1.165) is 32.8 Å². The van der Waals surface area contributed by atoms with Crippen LogP contribution >= 0.6 is 0 Å². The van der Waals surface area contributed by atoms with Crippen LogP contribution in [-0.4, -0.2) is 53.9 Å². The first-order valence-electron chi connectivity index (χ1n) is 12.0. The summed E-state index contributed by atoms with van der Waals surface area (Å²) in [7, 11) is 0. The molecule has 31 heavy (non-hydrogen) atoms. The Bertz CT molecular complexity index is 619. The van der Waals surface area contributed by atoms with Gasteiger partial charge in [0.1, 0.15) is 0 Å². The predicted molar refractivity (Wildman–Crippen MR) is 128 cm³/mol. The van der Waals surface area contributed by atoms with E-state index in [0.29, 0.717) is 17.9 Å². The normalized spacial score (nSPS) is 15.6. The third-order valence-corrected chi connectivity index (χ3v) is 5.25. The lowest BCUT2D eigenvalue weighted by atomic mass is 10.1. The maximum atomic E-state index is 11.4. The number of carbonyl (C=O) groups excluding carboxylic acids is 2. The molecule has 0 N–H and O–H groups in total. The maximum absolute atomic E-state index is 11.4. The minimum atomic E-state index is 0.174. The van der Waals surface area contributed by atoms with Crippen LogP contribution in [0, 0.1) is 11.8 Å². The van der Waals surface area contributed by atoms with Gasteiger partial charge in [0.2, 0.25) is 11.8 Å². The van der Waals surface area contributed by atoms with E-state index in [1.165, 1.54) is 31.2 Å². The lowest BCUT2D eigenvalue weighted by molar-refractivity contribution is -0.138. The predicted octanol–water partition coefficient (Wildman–Crippen LogP) is 5.14. The van der Waals surface area contributed by atoms with Crippen molar-refractivity contribution in [1.82, 2.24) is 9.80 Å². The first-order chi connectivity index (χ1) is 14.7. The molecule has 2 heterocycles. The van der Waals surface area contributed by atoms with Gasteiger partial charge < -0.3 is 14.5 Å². The van der Waals surface area contributed by atoms with Gasteiger partial charge in [-0.05, 0) is 45.1 Å². The van der Waals surface area contributed by atoms with Crippen molar-refractivity contribution in [3.05, 3.63) is 35.9 Å². The van der Waals surface area contributed by atoms with Crippen LogP contribution in [0.5, 0.6) is 0 Å². The third-order valence-electron chi connectivity index (χ3n) is 5.25. The third kappa shape index (κ3) is 11.3. The number of rotatable bonds is 5. The van der Waals surface area contributed by atoms with Crippen molar-refractivity contribution in [2.24, 2.45) is 11.8 Å². The molecule has 0 aromatic heterocycles. The van der Waals surface area contributed by atoms with E-state index < -0.39 is 0 Å². The lowest BCUT2D eigenvalue weighted by Gasteiger charge is -2.32. The monoisotopic (exact) mass is 432 g/mol. The highest BCUT2D eigenvalue weighted by Crippen LogP contribution is 2.12. The summed E-state index contributed by atoms with van der Waals surface area (Å²) in [5.74, 6) is 0.990. The Morgan fingerprint density at radius 3 is 1.55 bits per heavy atom. The molecule has 0 saturated carbocycles. The minimum Gasteiger partial charge on any atom is -0.374 e. The van der Waals surface area contributed by atoms with Crippen molar-refractivity contribution in [2.75, 3.05) is 26.2 Å². The molecule has 0 aliphatic carbocycles. The Kier molecular flexibility index (Phi) is 13.1. The standard InChI is InChI=1S/C10H14O.C9H17NO.C7H13NO/c1-9(2)11-8-10-6-4-3-5-7-10;1-8(2)9(11)10-6-4-3-5-7-10;1-6(2)7(9)8-4-3-5-8/h3-7,9H,8H2,1-2H3;8H,3-7H2,1-2H3;6H,3-5H2,1-2H3. The van der Waals surface area contributed by atoms with Gasteiger partial charge in [0.15, 0.2) is 0 Å². The first-order valence-corrected chi connectivity index (χ1v) is 12.0. The molecule has 3 rings (SSSR count). The highest BCUT2D eigenvalue weighted by atomic mass is 16.5. The second-order valence-electron chi connectivity index (χ2n) is 9.22. The van der Waals surface area contributed by atoms with Crippen LogP contribution in [0.15, 0.2) is 30.3 Å². The fraction of sp³-hybridized carbons (Fsp3) is 0.692. The van der Waals surface area contributed by atoms with E-state index in [1.807, 2.05) is 69.5 Å². The highest BCUT2D eigenvalue weighted by molar-refractivity contribution is 5.78. The van der Waals surface area contributed by atoms with E-state index in [1.54, 1.807) is 0 Å². The molecule has 2 amide bonds. The summed E-state index contributed by atoms with van der Waals surface area (Å²) in [5.41, 5.74) is 1.24. The van der Waals surface area contributed by atoms with Gasteiger partial charge >= 0.3 is 0 Å². The minimum absolute atomic E-state index is 0.174. The topological polar surface area (TPSA) is 49.9 Å². The van der Waals surface area contributed by atoms with E-state index in [2.05, 4.69) is 12.1 Å². The highest BCUT2D eigenvalue weighted by Gasteiger charge is 2.21. The molecule has 2 saturated heterocycles. The molecule has 5 nitrogen and oxygen atoms in total. The quantitative estimate of drug-likeness (QED) is 0.647. The van der Waals surface area contributed by atoms with Gasteiger partial charge in [0.25, 0.3) is 0 Å². The first kappa shape index (κ1) is 27.2. The van der Waals surface area contributed by atoms with Crippen LogP contribution in [0.4, 0.5) is 0 Å². The van der Waals surface area contributed by atoms with Crippen molar-refractivity contribution >= 4 is 11.8 Å². The summed E-state index contributed by atoms with van der Waals surface area (Å²) >= 11 is 0. The van der Waals surface area contributed by atoms with E-state index in [-0.39, 0.29) is 11.8 Å². The SMILES string of the molecule is CC(C)C(=O)N1CCC1.CC(C)C(=O)N1CCCCC1.CC(C)OCc1ccccc1. The van der Waals surface area contributed by atoms with Crippen molar-refractivity contribution in [3.63, 3.8) is 0 Å². The molecule has 0 spiro atoms. The molecule has 176 valence electrons. The maximum Gasteiger partial charge on any atom is 0.225 e. The summed E-state index contributed by atoms with van der Waals surface area (Å²) in [6.45, 7) is 16.6. The van der Waals surface area contributed by atoms with Gasteiger partial charge in [0.05, 0.1) is 12.7 Å². The average Bonchev–Trinajstić information content (AvgIpc) is 2.72. The van der Waals surface area contributed by atoms with Gasteiger partial charge in [-0.25, -0.2) is 0 Å². The number of carbonyl (C=O) groups is 2. The van der Waals surface area contributed by atoms with Crippen LogP contribution in [0.25, 0.3) is 0 Å². The number of hydrogen-bond donors (Lipinski definition) is 0. The molecule has 0 unspecified atom stereocenters. The number of likely N-dealkylation sites (tertiary alicyclic amines) is 2. The van der Waals surface area contributed by atoms with Gasteiger partial charge in [-0.2, -0.15) is 0 Å². The molecule has 0 radical (unpaired) electrons. The molecular formula is C26H44N2O3. The number of nitrogens with zero attached hydrogens (tertiary/aromatic N) is 2. The van der Waals surface area contributed by atoms with Gasteiger partial charge in [-0.3, -0.25) is 9.59 Å². The largest absolute Gasteiger partial charge is 0.374 e. The van der Waals surface area contributed by atoms with Gasteiger partial charge in [0, 0.05) is 38.0 Å². The van der Waals surface area contributed by atoms with Crippen LogP contribution in [-0.2, 0) is 20.9 Å². The summed E-state index contributed by atoms with van der Waals surface area (Å²) in [5, 5.41) is 0. The van der Waals surface area contributed by atoms with Crippen LogP contribution < -0.4 is 0 Å². The Labute approximate surface area is 190 Å². The van der Waals surface area contributed by atoms with Crippen LogP contribution in [0.2, 0.25) is 0 Å². The summed E-state index contributed by atoms with van der Waals surface area (Å²) in [6.07, 6.45) is 5.19. The number of amides is 2. The fourth-order valence-electron chi connectivity index (χ4n) is 3.22. The molecule has 1 aromatic rings. The van der Waals surface area contributed by atoms with Crippen molar-refractivity contribution in [2.45, 2.75) is 79.9 Å². The molecule has 0 atom stereocenters. The van der Waals surface area contributed by atoms with Crippen LogP contribution in [0.1, 0.15) is 72.8 Å². The van der Waals surface area contributed by atoms with Crippen molar-refractivity contribution in [3.8, 4) is 0 Å². The molecule has 2 aliphatic rings. The van der Waals surface area contributed by atoms with Crippen molar-refractivity contribution < 1.29 is 14.3 Å². The molecule has 5 heteroatoms. The number of hydrogen-bond acceptors (Lipinski definition) is 3. The summed E-state index contributed by atoms with van der Waals surface area (Å²) in [6, 6.07) is 10.2. The number of benzene rings is 1. The molecule has 1 aromatic carbocycles. The zero-order valence-electron chi connectivity index (χ0n) is 20.6. The molecular weight excluding hydrogens is 388 g/mol. The Morgan fingerprint density at radius 1 is 0.742 bits per heavy atom. The molecule has 2 aliphatic heterocycles. The van der Waals surface area contributed by atoms with Crippen molar-refractivity contribution in [1.29, 1.82) is 0 Å². The number of piperidine rings is 1. The lowest BCUT2D eigenvalue weighted by Crippen LogP contribution is -2.44. The molecule has 0 bridgehead atoms. The molecule has 2 fully saturated rings. The van der Waals surface area contributed by atoms with E-state index >= 15 is 0 Å². The second-order valence-corrected chi connectivity index (χ2v) is 9.22. The summed E-state index contributed by atoms with van der Waals surface area (Å²) in [4.78, 5) is 26.4. The summed E-state index contributed by atoms with van der Waals surface area (Å²) < 4.78 is 5.43. The fourth-order valence-corrected chi connectivity index (χ4v) is 3.22. The number of ether oxygens (including phenoxy) is 1. The second kappa shape index (κ2) is 15.0. The van der Waals surface area contributed by atoms with Crippen LogP contribution in [0.3, 0.4) is 0 Å². The van der Waals surface area contributed by atoms with E-state index in [4.69, 9.17) is 4.74 Å². The van der Waals surface area contributed by atoms with E-state index in [9.17, 15) is 9.59 Å². The van der Waals surface area contributed by atoms with Gasteiger partial charge in [-0.1, -0.05) is 58.0 Å². The average molecular weight is 433 g/mol. The zero-order valence-corrected chi connectivity index (χ0v) is 20.6. The Morgan fingerprint density at radius 2 is 1.19 bits per heavy atom. The Balaban J connectivity index is 0.000000234. The Hall–Kier alpha value is -1.88. The smallest absolute Gasteiger partial charge is 0.225 e.